The minimum Gasteiger partial charge on any atom is -0.355 e. The van der Waals surface area contributed by atoms with Gasteiger partial charge in [-0.25, -0.2) is 13.1 Å². The Morgan fingerprint density at radius 3 is 2.59 bits per heavy atom. The fourth-order valence-corrected chi connectivity index (χ4v) is 2.07. The summed E-state index contributed by atoms with van der Waals surface area (Å²) in [6, 6.07) is 2.34. The van der Waals surface area contributed by atoms with E-state index in [4.69, 9.17) is 0 Å². The van der Waals surface area contributed by atoms with Crippen molar-refractivity contribution in [2.75, 3.05) is 13.1 Å². The van der Waals surface area contributed by atoms with Gasteiger partial charge in [0.15, 0.2) is 0 Å². The lowest BCUT2D eigenvalue weighted by Gasteiger charge is -2.06. The van der Waals surface area contributed by atoms with E-state index in [-0.39, 0.29) is 29.5 Å². The molecule has 1 amide bonds. The predicted molar refractivity (Wildman–Crippen MR) is 60.9 cm³/mol. The van der Waals surface area contributed by atoms with Gasteiger partial charge in [-0.05, 0) is 6.07 Å². The largest absolute Gasteiger partial charge is 0.355 e. The van der Waals surface area contributed by atoms with E-state index < -0.39 is 10.0 Å². The Kier molecular flexibility index (Phi) is 4.41. The van der Waals surface area contributed by atoms with Crippen LogP contribution < -0.4 is 15.6 Å². The zero-order valence-electron chi connectivity index (χ0n) is 9.19. The first kappa shape index (κ1) is 13.4. The SMILES string of the molecule is CC(=O)NCCNS(=O)(=O)c1ccc(=O)[nH]c1. The molecule has 17 heavy (non-hydrogen) atoms. The second-order valence-corrected chi connectivity index (χ2v) is 5.04. The first-order valence-electron chi connectivity index (χ1n) is 4.84. The summed E-state index contributed by atoms with van der Waals surface area (Å²) >= 11 is 0. The Hall–Kier alpha value is -1.67. The second kappa shape index (κ2) is 5.60. The Morgan fingerprint density at radius 2 is 2.06 bits per heavy atom. The fraction of sp³-hybridized carbons (Fsp3) is 0.333. The van der Waals surface area contributed by atoms with E-state index in [0.29, 0.717) is 0 Å². The van der Waals surface area contributed by atoms with Crippen LogP contribution in [0.3, 0.4) is 0 Å². The molecule has 1 aromatic rings. The number of amides is 1. The number of carbonyl (C=O) groups excluding carboxylic acids is 1. The number of sulfonamides is 1. The number of nitrogens with one attached hydrogen (secondary N) is 3. The maximum Gasteiger partial charge on any atom is 0.247 e. The molecule has 1 aromatic heterocycles. The van der Waals surface area contributed by atoms with Gasteiger partial charge in [0.1, 0.15) is 0 Å². The first-order valence-corrected chi connectivity index (χ1v) is 6.33. The molecule has 3 N–H and O–H groups in total. The average molecular weight is 259 g/mol. The first-order chi connectivity index (χ1) is 7.92. The molecule has 1 heterocycles. The van der Waals surface area contributed by atoms with Gasteiger partial charge in [0.25, 0.3) is 0 Å². The van der Waals surface area contributed by atoms with Gasteiger partial charge >= 0.3 is 0 Å². The number of hydrogen-bond donors (Lipinski definition) is 3. The minimum atomic E-state index is -3.65. The second-order valence-electron chi connectivity index (χ2n) is 3.27. The lowest BCUT2D eigenvalue weighted by molar-refractivity contribution is -0.118. The molecule has 8 heteroatoms. The van der Waals surface area contributed by atoms with E-state index in [2.05, 4.69) is 15.0 Å². The number of rotatable bonds is 5. The van der Waals surface area contributed by atoms with Crippen molar-refractivity contribution in [3.8, 4) is 0 Å². The number of hydrogen-bond acceptors (Lipinski definition) is 4. The van der Waals surface area contributed by atoms with Crippen LogP contribution in [0.4, 0.5) is 0 Å². The summed E-state index contributed by atoms with van der Waals surface area (Å²) in [6.07, 6.45) is 1.11. The van der Waals surface area contributed by atoms with Crippen molar-refractivity contribution in [1.82, 2.24) is 15.0 Å². The topological polar surface area (TPSA) is 108 Å². The number of pyridine rings is 1. The van der Waals surface area contributed by atoms with Gasteiger partial charge in [0, 0.05) is 32.3 Å². The van der Waals surface area contributed by atoms with Crippen LogP contribution >= 0.6 is 0 Å². The molecule has 0 spiro atoms. The van der Waals surface area contributed by atoms with Gasteiger partial charge in [-0.15, -0.1) is 0 Å². The van der Waals surface area contributed by atoms with Crippen LogP contribution in [0.1, 0.15) is 6.92 Å². The molecule has 0 bridgehead atoms. The van der Waals surface area contributed by atoms with Gasteiger partial charge in [-0.1, -0.05) is 0 Å². The van der Waals surface area contributed by atoms with Gasteiger partial charge in [-0.2, -0.15) is 0 Å². The molecule has 0 saturated carbocycles. The molecule has 0 saturated heterocycles. The van der Waals surface area contributed by atoms with E-state index in [1.54, 1.807) is 0 Å². The highest BCUT2D eigenvalue weighted by Crippen LogP contribution is 2.02. The molecule has 94 valence electrons. The summed E-state index contributed by atoms with van der Waals surface area (Å²) in [7, 11) is -3.65. The maximum absolute atomic E-state index is 11.6. The lowest BCUT2D eigenvalue weighted by Crippen LogP contribution is -2.33. The van der Waals surface area contributed by atoms with Gasteiger partial charge < -0.3 is 10.3 Å². The molecule has 0 atom stereocenters. The van der Waals surface area contributed by atoms with E-state index >= 15 is 0 Å². The lowest BCUT2D eigenvalue weighted by atomic mass is 10.5. The summed E-state index contributed by atoms with van der Waals surface area (Å²) < 4.78 is 25.6. The molecule has 1 rings (SSSR count). The van der Waals surface area contributed by atoms with Gasteiger partial charge in [0.2, 0.25) is 21.5 Å². The Morgan fingerprint density at radius 1 is 1.35 bits per heavy atom. The van der Waals surface area contributed by atoms with E-state index in [1.165, 1.54) is 13.0 Å². The van der Waals surface area contributed by atoms with Crippen LogP contribution in [-0.4, -0.2) is 32.4 Å². The summed E-state index contributed by atoms with van der Waals surface area (Å²) in [5, 5.41) is 2.45. The fourth-order valence-electron chi connectivity index (χ4n) is 1.07. The van der Waals surface area contributed by atoms with Crippen molar-refractivity contribution in [2.24, 2.45) is 0 Å². The zero-order valence-corrected chi connectivity index (χ0v) is 10.0. The van der Waals surface area contributed by atoms with Crippen molar-refractivity contribution in [3.63, 3.8) is 0 Å². The molecule has 0 fully saturated rings. The van der Waals surface area contributed by atoms with Crippen molar-refractivity contribution >= 4 is 15.9 Å². The highest BCUT2D eigenvalue weighted by atomic mass is 32.2. The van der Waals surface area contributed by atoms with Crippen molar-refractivity contribution in [2.45, 2.75) is 11.8 Å². The third-order valence-electron chi connectivity index (χ3n) is 1.86. The highest BCUT2D eigenvalue weighted by Gasteiger charge is 2.12. The summed E-state index contributed by atoms with van der Waals surface area (Å²) in [6.45, 7) is 1.63. The van der Waals surface area contributed by atoms with E-state index in [9.17, 15) is 18.0 Å². The van der Waals surface area contributed by atoms with Crippen LogP contribution in [0.15, 0.2) is 28.0 Å². The molecule has 0 aliphatic rings. The maximum atomic E-state index is 11.6. The smallest absolute Gasteiger partial charge is 0.247 e. The van der Waals surface area contributed by atoms with Crippen LogP contribution in [0.5, 0.6) is 0 Å². The van der Waals surface area contributed by atoms with Crippen molar-refractivity contribution in [1.29, 1.82) is 0 Å². The molecular weight excluding hydrogens is 246 g/mol. The third kappa shape index (κ3) is 4.37. The zero-order chi connectivity index (χ0) is 12.9. The van der Waals surface area contributed by atoms with Crippen LogP contribution in [0, 0.1) is 0 Å². The highest BCUT2D eigenvalue weighted by molar-refractivity contribution is 7.89. The minimum absolute atomic E-state index is 0.0278. The van der Waals surface area contributed by atoms with Crippen molar-refractivity contribution < 1.29 is 13.2 Å². The Labute approximate surface area is 98.3 Å². The van der Waals surface area contributed by atoms with Crippen LogP contribution in [-0.2, 0) is 14.8 Å². The van der Waals surface area contributed by atoms with E-state index in [0.717, 1.165) is 12.3 Å². The number of aromatic nitrogens is 1. The summed E-state index contributed by atoms with van der Waals surface area (Å²) in [5.74, 6) is -0.228. The molecular formula is C9H13N3O4S. The normalized spacial score (nSPS) is 11.1. The molecule has 0 aromatic carbocycles. The number of H-pyrrole nitrogens is 1. The quantitative estimate of drug-likeness (QED) is 0.576. The summed E-state index contributed by atoms with van der Waals surface area (Å²) in [5.41, 5.74) is -0.373. The third-order valence-corrected chi connectivity index (χ3v) is 3.32. The van der Waals surface area contributed by atoms with Gasteiger partial charge in [-0.3, -0.25) is 9.59 Å². The van der Waals surface area contributed by atoms with Crippen LogP contribution in [0.2, 0.25) is 0 Å². The summed E-state index contributed by atoms with van der Waals surface area (Å²) in [4.78, 5) is 23.6. The molecule has 0 unspecified atom stereocenters. The molecule has 0 radical (unpaired) electrons. The van der Waals surface area contributed by atoms with Crippen molar-refractivity contribution in [3.05, 3.63) is 28.7 Å². The molecule has 7 nitrogen and oxygen atoms in total. The number of carbonyl (C=O) groups is 1. The predicted octanol–water partition coefficient (Wildman–Crippen LogP) is -1.21. The molecule has 0 aliphatic carbocycles. The molecule has 0 aliphatic heterocycles. The van der Waals surface area contributed by atoms with Crippen LogP contribution in [0.25, 0.3) is 0 Å². The Bertz CT molecular complexity index is 529. The standard InChI is InChI=1S/C9H13N3O4S/c1-7(13)10-4-5-12-17(15,16)8-2-3-9(14)11-6-8/h2-3,6,12H,4-5H2,1H3,(H,10,13)(H,11,14). The number of aromatic amines is 1. The van der Waals surface area contributed by atoms with E-state index in [1.807, 2.05) is 0 Å². The monoisotopic (exact) mass is 259 g/mol. The van der Waals surface area contributed by atoms with Gasteiger partial charge in [0.05, 0.1) is 4.90 Å². The Balaban J connectivity index is 2.60. The average Bonchev–Trinajstić information content (AvgIpc) is 2.25.